The number of unbranched alkanes of at least 4 members (excludes halogenated alkanes) is 3. The van der Waals surface area contributed by atoms with Crippen molar-refractivity contribution >= 4 is 29.9 Å². The van der Waals surface area contributed by atoms with Gasteiger partial charge in [0.05, 0.1) is 19.7 Å². The number of guanidine groups is 1. The molecule has 1 aromatic carbocycles. The number of hydrogen-bond donors (Lipinski definition) is 2. The Kier molecular flexibility index (Phi) is 12.3. The van der Waals surface area contributed by atoms with Crippen LogP contribution < -0.4 is 15.4 Å². The van der Waals surface area contributed by atoms with Crippen LogP contribution in [0.1, 0.15) is 62.4 Å². The highest BCUT2D eigenvalue weighted by Crippen LogP contribution is 2.22. The second kappa shape index (κ2) is 14.2. The van der Waals surface area contributed by atoms with Crippen LogP contribution in [0.2, 0.25) is 0 Å². The summed E-state index contributed by atoms with van der Waals surface area (Å²) in [7, 11) is 0. The van der Waals surface area contributed by atoms with E-state index in [0.29, 0.717) is 30.8 Å². The molecule has 1 heterocycles. The van der Waals surface area contributed by atoms with Gasteiger partial charge in [-0.1, -0.05) is 43.5 Å². The molecular formula is C21H34IN5O2. The molecular weight excluding hydrogens is 481 g/mol. The highest BCUT2D eigenvalue weighted by atomic mass is 127. The van der Waals surface area contributed by atoms with E-state index in [1.165, 1.54) is 24.8 Å². The monoisotopic (exact) mass is 515 g/mol. The van der Waals surface area contributed by atoms with Crippen molar-refractivity contribution in [2.24, 2.45) is 4.99 Å². The van der Waals surface area contributed by atoms with Gasteiger partial charge in [0.2, 0.25) is 5.89 Å². The first-order valence-corrected chi connectivity index (χ1v) is 10.2. The zero-order valence-corrected chi connectivity index (χ0v) is 20.3. The van der Waals surface area contributed by atoms with Crippen LogP contribution in [0.5, 0.6) is 5.75 Å². The number of aromatic nitrogens is 2. The summed E-state index contributed by atoms with van der Waals surface area (Å²) >= 11 is 0. The molecule has 0 saturated carbocycles. The molecule has 0 amide bonds. The van der Waals surface area contributed by atoms with Crippen molar-refractivity contribution < 1.29 is 9.26 Å². The third-order valence-corrected chi connectivity index (χ3v) is 4.21. The third-order valence-electron chi connectivity index (χ3n) is 4.21. The minimum absolute atomic E-state index is 0. The Morgan fingerprint density at radius 2 is 1.97 bits per heavy atom. The molecule has 1 aromatic heterocycles. The zero-order chi connectivity index (χ0) is 20.2. The van der Waals surface area contributed by atoms with Crippen molar-refractivity contribution in [1.29, 1.82) is 0 Å². The largest absolute Gasteiger partial charge is 0.493 e. The molecule has 0 radical (unpaired) electrons. The SMILES string of the molecule is CCCCCCOc1cc(C)ccc1CN=C(NCC)NCc1noc(C)n1.I. The Hall–Kier alpha value is -1.84. The van der Waals surface area contributed by atoms with Crippen LogP contribution in [0.15, 0.2) is 27.7 Å². The zero-order valence-electron chi connectivity index (χ0n) is 18.0. The van der Waals surface area contributed by atoms with Gasteiger partial charge in [0.15, 0.2) is 11.8 Å². The van der Waals surface area contributed by atoms with Crippen LogP contribution in [0.3, 0.4) is 0 Å². The molecule has 29 heavy (non-hydrogen) atoms. The lowest BCUT2D eigenvalue weighted by molar-refractivity contribution is 0.302. The molecule has 162 valence electrons. The van der Waals surface area contributed by atoms with Gasteiger partial charge in [-0.15, -0.1) is 24.0 Å². The molecule has 0 atom stereocenters. The van der Waals surface area contributed by atoms with Gasteiger partial charge < -0.3 is 19.9 Å². The molecule has 2 N–H and O–H groups in total. The van der Waals surface area contributed by atoms with E-state index in [1.54, 1.807) is 6.92 Å². The van der Waals surface area contributed by atoms with E-state index in [2.05, 4.69) is 57.8 Å². The standard InChI is InChI=1S/C21H33N5O2.HI/c1-5-7-8-9-12-27-19-13-16(3)10-11-18(19)14-23-21(22-6-2)24-15-20-25-17(4)28-26-20;/h10-11,13H,5-9,12,14-15H2,1-4H3,(H2,22,23,24);1H. The smallest absolute Gasteiger partial charge is 0.223 e. The summed E-state index contributed by atoms with van der Waals surface area (Å²) in [6.45, 7) is 10.6. The van der Waals surface area contributed by atoms with E-state index in [0.717, 1.165) is 30.9 Å². The van der Waals surface area contributed by atoms with E-state index in [4.69, 9.17) is 9.26 Å². The fraction of sp³-hybridized carbons (Fsp3) is 0.571. The molecule has 2 aromatic rings. The molecule has 8 heteroatoms. The summed E-state index contributed by atoms with van der Waals surface area (Å²) in [5, 5.41) is 10.4. The van der Waals surface area contributed by atoms with Crippen LogP contribution >= 0.6 is 24.0 Å². The van der Waals surface area contributed by atoms with Gasteiger partial charge in [0.25, 0.3) is 0 Å². The first-order valence-electron chi connectivity index (χ1n) is 10.2. The highest BCUT2D eigenvalue weighted by Gasteiger charge is 2.07. The summed E-state index contributed by atoms with van der Waals surface area (Å²) in [6.07, 6.45) is 4.78. The lowest BCUT2D eigenvalue weighted by atomic mass is 10.1. The summed E-state index contributed by atoms with van der Waals surface area (Å²) in [4.78, 5) is 8.88. The fourth-order valence-electron chi connectivity index (χ4n) is 2.72. The lowest BCUT2D eigenvalue weighted by Gasteiger charge is -2.13. The van der Waals surface area contributed by atoms with Gasteiger partial charge >= 0.3 is 0 Å². The summed E-state index contributed by atoms with van der Waals surface area (Å²) in [5.41, 5.74) is 2.27. The molecule has 0 unspecified atom stereocenters. The van der Waals surface area contributed by atoms with Crippen LogP contribution in [-0.4, -0.2) is 29.3 Å². The second-order valence-electron chi connectivity index (χ2n) is 6.80. The van der Waals surface area contributed by atoms with Gasteiger partial charge in [-0.25, -0.2) is 4.99 Å². The summed E-state index contributed by atoms with van der Waals surface area (Å²) < 4.78 is 11.0. The first-order chi connectivity index (χ1) is 13.6. The van der Waals surface area contributed by atoms with E-state index in [1.807, 2.05) is 6.92 Å². The topological polar surface area (TPSA) is 84.6 Å². The van der Waals surface area contributed by atoms with E-state index < -0.39 is 0 Å². The van der Waals surface area contributed by atoms with Crippen molar-refractivity contribution in [3.8, 4) is 5.75 Å². The van der Waals surface area contributed by atoms with Crippen molar-refractivity contribution in [3.63, 3.8) is 0 Å². The summed E-state index contributed by atoms with van der Waals surface area (Å²) in [6, 6.07) is 6.27. The first kappa shape index (κ1) is 25.2. The predicted octanol–water partition coefficient (Wildman–Crippen LogP) is 4.52. The fourth-order valence-corrected chi connectivity index (χ4v) is 2.72. The maximum Gasteiger partial charge on any atom is 0.223 e. The van der Waals surface area contributed by atoms with Crippen molar-refractivity contribution in [1.82, 2.24) is 20.8 Å². The number of aryl methyl sites for hydroxylation is 2. The molecule has 0 bridgehead atoms. The number of aliphatic imine (C=N–C) groups is 1. The van der Waals surface area contributed by atoms with Gasteiger partial charge in [-0.3, -0.25) is 0 Å². The van der Waals surface area contributed by atoms with Crippen LogP contribution in [0.25, 0.3) is 0 Å². The van der Waals surface area contributed by atoms with E-state index in [-0.39, 0.29) is 24.0 Å². The summed E-state index contributed by atoms with van der Waals surface area (Å²) in [5.74, 6) is 2.79. The maximum absolute atomic E-state index is 6.05. The number of halogens is 1. The van der Waals surface area contributed by atoms with Gasteiger partial charge in [0.1, 0.15) is 5.75 Å². The minimum atomic E-state index is 0. The Bertz CT molecular complexity index is 748. The Balaban J connectivity index is 0.00000420. The normalized spacial score (nSPS) is 11.1. The molecule has 0 aliphatic heterocycles. The number of nitrogens with one attached hydrogen (secondary N) is 2. The van der Waals surface area contributed by atoms with Gasteiger partial charge in [0, 0.05) is 19.0 Å². The second-order valence-corrected chi connectivity index (χ2v) is 6.80. The van der Waals surface area contributed by atoms with Crippen LogP contribution in [-0.2, 0) is 13.1 Å². The van der Waals surface area contributed by atoms with Crippen molar-refractivity contribution in [3.05, 3.63) is 41.0 Å². The molecule has 0 saturated heterocycles. The van der Waals surface area contributed by atoms with Crippen LogP contribution in [0, 0.1) is 13.8 Å². The molecule has 7 nitrogen and oxygen atoms in total. The number of ether oxygens (including phenoxy) is 1. The van der Waals surface area contributed by atoms with Crippen molar-refractivity contribution in [2.45, 2.75) is 66.5 Å². The van der Waals surface area contributed by atoms with Crippen molar-refractivity contribution in [2.75, 3.05) is 13.2 Å². The van der Waals surface area contributed by atoms with E-state index in [9.17, 15) is 0 Å². The Morgan fingerprint density at radius 1 is 1.14 bits per heavy atom. The number of hydrogen-bond acceptors (Lipinski definition) is 5. The van der Waals surface area contributed by atoms with Gasteiger partial charge in [-0.2, -0.15) is 4.98 Å². The maximum atomic E-state index is 6.05. The lowest BCUT2D eigenvalue weighted by Crippen LogP contribution is -2.37. The Morgan fingerprint density at radius 3 is 2.66 bits per heavy atom. The molecule has 2 rings (SSSR count). The predicted molar refractivity (Wildman–Crippen MR) is 127 cm³/mol. The van der Waals surface area contributed by atoms with E-state index >= 15 is 0 Å². The molecule has 0 spiro atoms. The average molecular weight is 515 g/mol. The highest BCUT2D eigenvalue weighted by molar-refractivity contribution is 14.0. The number of nitrogens with zero attached hydrogens (tertiary/aromatic N) is 3. The Labute approximate surface area is 191 Å². The van der Waals surface area contributed by atoms with Gasteiger partial charge in [-0.05, 0) is 31.9 Å². The third kappa shape index (κ3) is 9.47. The molecule has 0 aliphatic carbocycles. The quantitative estimate of drug-likeness (QED) is 0.198. The number of benzene rings is 1. The molecule has 0 fully saturated rings. The molecule has 0 aliphatic rings. The van der Waals surface area contributed by atoms with Crippen LogP contribution in [0.4, 0.5) is 0 Å². The minimum Gasteiger partial charge on any atom is -0.493 e. The average Bonchev–Trinajstić information content (AvgIpc) is 3.10. The number of rotatable bonds is 11.